The van der Waals surface area contributed by atoms with Gasteiger partial charge in [0.05, 0.1) is 23.2 Å². The summed E-state index contributed by atoms with van der Waals surface area (Å²) < 4.78 is 21.3. The Hall–Kier alpha value is -11.8. The first-order chi connectivity index (χ1) is 49.4. The lowest BCUT2D eigenvalue weighted by Gasteiger charge is -2.52. The number of aromatic amines is 1. The molecular formula is C81H82N12O9. The number of carbonyl (C=O) groups excluding carboxylic acids is 6. The molecule has 3 saturated heterocycles. The van der Waals surface area contributed by atoms with Gasteiger partial charge in [-0.3, -0.25) is 38.1 Å². The van der Waals surface area contributed by atoms with Crippen molar-refractivity contribution in [2.45, 2.75) is 95.6 Å². The van der Waals surface area contributed by atoms with Crippen LogP contribution in [0.15, 0.2) is 201 Å². The Balaban J connectivity index is 0.000000137. The third-order valence-corrected chi connectivity index (χ3v) is 21.0. The fourth-order valence-corrected chi connectivity index (χ4v) is 15.4. The van der Waals surface area contributed by atoms with Gasteiger partial charge in [0.25, 0.3) is 23.6 Å². The Morgan fingerprint density at radius 1 is 0.471 bits per heavy atom. The van der Waals surface area contributed by atoms with Crippen LogP contribution < -0.4 is 31.4 Å². The number of piperidine rings is 2. The number of hydrogen-bond acceptors (Lipinski definition) is 12. The maximum Gasteiger partial charge on any atom is 0.298 e. The molecule has 3 saturated carbocycles. The second-order valence-electron chi connectivity index (χ2n) is 27.6. The number of benzene rings is 6. The second kappa shape index (κ2) is 29.6. The van der Waals surface area contributed by atoms with Crippen LogP contribution in [-0.2, 0) is 14.4 Å². The summed E-state index contributed by atoms with van der Waals surface area (Å²) in [6.45, 7) is 13.4. The van der Waals surface area contributed by atoms with E-state index in [0.717, 1.165) is 150 Å². The number of carbonyl (C=O) groups is 6. The van der Waals surface area contributed by atoms with Crippen molar-refractivity contribution in [2.24, 2.45) is 33.4 Å². The predicted octanol–water partition coefficient (Wildman–Crippen LogP) is 13.2. The highest BCUT2D eigenvalue weighted by Crippen LogP contribution is 2.58. The van der Waals surface area contributed by atoms with E-state index in [1.54, 1.807) is 19.3 Å². The normalized spacial score (nSPS) is 17.0. The first kappa shape index (κ1) is 68.7. The third kappa shape index (κ3) is 15.2. The number of primary amides is 3. The van der Waals surface area contributed by atoms with Gasteiger partial charge in [0.1, 0.15) is 63.1 Å². The van der Waals surface area contributed by atoms with Gasteiger partial charge in [-0.1, -0.05) is 73.7 Å². The van der Waals surface area contributed by atoms with Crippen molar-refractivity contribution in [3.8, 4) is 80.1 Å². The van der Waals surface area contributed by atoms with Gasteiger partial charge in [0.15, 0.2) is 0 Å². The van der Waals surface area contributed by atoms with E-state index >= 15 is 0 Å². The smallest absolute Gasteiger partial charge is 0.298 e. The van der Waals surface area contributed by atoms with Crippen LogP contribution in [0, 0.1) is 28.1 Å². The van der Waals surface area contributed by atoms with E-state index in [9.17, 15) is 28.8 Å². The molecule has 3 aliphatic carbocycles. The van der Waals surface area contributed by atoms with Crippen LogP contribution in [0.3, 0.4) is 0 Å². The highest BCUT2D eigenvalue weighted by molar-refractivity contribution is 6.00. The number of nitrogens with two attached hydrogens (primary N) is 3. The third-order valence-electron chi connectivity index (χ3n) is 21.0. The van der Waals surface area contributed by atoms with E-state index in [1.807, 2.05) is 188 Å². The molecule has 3 spiro atoms. The minimum Gasteiger partial charge on any atom is -0.457 e. The van der Waals surface area contributed by atoms with Crippen LogP contribution >= 0.6 is 0 Å². The van der Waals surface area contributed by atoms with Gasteiger partial charge >= 0.3 is 0 Å². The van der Waals surface area contributed by atoms with E-state index in [4.69, 9.17) is 46.6 Å². The lowest BCUT2D eigenvalue weighted by Crippen LogP contribution is -2.48. The SMILES string of the molecule is C=CC(=O)N1CCC2(CC(n3cc(C(N)=O)c(-c4ccc(Oc5ccccc5)cc4)n3)C2)C1.C=CC(=O)N1CCC2(CC1)CC(n1cc(C(N)=O)c(-c3ccc(Oc4ccccc4)cc3)n1)C2.CC#CC(=O)N1CCC2(CC1)CC(c1nc(-c3ccc(Oc4ccccc4)cc3)c(C(N)=O)[nH]1)C2. The average molecular weight is 1370 g/mol. The molecular weight excluding hydrogens is 1280 g/mol. The van der Waals surface area contributed by atoms with Crippen molar-refractivity contribution in [1.82, 2.24) is 44.2 Å². The van der Waals surface area contributed by atoms with Gasteiger partial charge in [-0.15, -0.1) is 0 Å². The fourth-order valence-electron chi connectivity index (χ4n) is 15.4. The highest BCUT2D eigenvalue weighted by Gasteiger charge is 2.51. The summed E-state index contributed by atoms with van der Waals surface area (Å²) in [5.41, 5.74) is 23.0. The van der Waals surface area contributed by atoms with Gasteiger partial charge in [-0.05, 0) is 221 Å². The van der Waals surface area contributed by atoms with Gasteiger partial charge in [0.2, 0.25) is 11.8 Å². The van der Waals surface area contributed by atoms with Crippen LogP contribution in [0.25, 0.3) is 33.8 Å². The molecule has 0 atom stereocenters. The zero-order chi connectivity index (χ0) is 71.1. The van der Waals surface area contributed by atoms with Crippen molar-refractivity contribution in [2.75, 3.05) is 39.3 Å². The number of nitrogens with one attached hydrogen (secondary N) is 1. The summed E-state index contributed by atoms with van der Waals surface area (Å²) in [6.07, 6.45) is 17.0. The maximum atomic E-state index is 12.2. The number of imidazole rings is 1. The molecule has 6 fully saturated rings. The molecule has 6 aromatic carbocycles. The summed E-state index contributed by atoms with van der Waals surface area (Å²) in [7, 11) is 0. The Labute approximate surface area is 592 Å². The Bertz CT molecular complexity index is 4610. The van der Waals surface area contributed by atoms with Gasteiger partial charge in [0, 0.05) is 74.3 Å². The lowest BCUT2D eigenvalue weighted by molar-refractivity contribution is -0.130. The molecule has 0 unspecified atom stereocenters. The molecule has 6 heterocycles. The number of H-pyrrole nitrogens is 1. The summed E-state index contributed by atoms with van der Waals surface area (Å²) in [5.74, 6) is 9.16. The summed E-state index contributed by atoms with van der Waals surface area (Å²) >= 11 is 0. The number of nitrogens with zero attached hydrogens (tertiary/aromatic N) is 8. The molecule has 3 aromatic heterocycles. The second-order valence-corrected chi connectivity index (χ2v) is 27.6. The number of amides is 6. The summed E-state index contributed by atoms with van der Waals surface area (Å²) in [4.78, 5) is 85.9. The maximum absolute atomic E-state index is 12.2. The van der Waals surface area contributed by atoms with Crippen molar-refractivity contribution in [1.29, 1.82) is 0 Å². The minimum absolute atomic E-state index is 0.00703. The van der Waals surface area contributed by atoms with Crippen molar-refractivity contribution in [3.05, 3.63) is 224 Å². The van der Waals surface area contributed by atoms with Gasteiger partial charge in [-0.25, -0.2) is 4.98 Å². The molecule has 9 aromatic rings. The monoisotopic (exact) mass is 1370 g/mol. The van der Waals surface area contributed by atoms with Crippen LogP contribution in [0.4, 0.5) is 0 Å². The van der Waals surface area contributed by atoms with Gasteiger partial charge in [-0.2, -0.15) is 10.2 Å². The Morgan fingerprint density at radius 2 is 0.833 bits per heavy atom. The largest absolute Gasteiger partial charge is 0.457 e. The molecule has 520 valence electrons. The molecule has 0 bridgehead atoms. The minimum atomic E-state index is -0.527. The molecule has 21 nitrogen and oxygen atoms in total. The summed E-state index contributed by atoms with van der Waals surface area (Å²) in [6, 6.07) is 51.6. The summed E-state index contributed by atoms with van der Waals surface area (Å²) in [5, 5.41) is 9.51. The van der Waals surface area contributed by atoms with Crippen LogP contribution in [0.2, 0.25) is 0 Å². The molecule has 21 heteroatoms. The zero-order valence-electron chi connectivity index (χ0n) is 57.0. The molecule has 6 aliphatic rings. The highest BCUT2D eigenvalue weighted by atomic mass is 16.5. The Kier molecular flexibility index (Phi) is 19.9. The Morgan fingerprint density at radius 3 is 1.24 bits per heavy atom. The molecule has 15 rings (SSSR count). The molecule has 0 radical (unpaired) electrons. The molecule has 102 heavy (non-hydrogen) atoms. The zero-order valence-corrected chi connectivity index (χ0v) is 57.0. The number of ether oxygens (including phenoxy) is 3. The van der Waals surface area contributed by atoms with Crippen molar-refractivity contribution in [3.63, 3.8) is 0 Å². The fraction of sp³-hybridized carbons (Fsp3) is 0.296. The van der Waals surface area contributed by atoms with E-state index in [2.05, 4.69) is 30.0 Å². The number of likely N-dealkylation sites (tertiary alicyclic amines) is 3. The van der Waals surface area contributed by atoms with E-state index < -0.39 is 17.7 Å². The predicted molar refractivity (Wildman–Crippen MR) is 387 cm³/mol. The van der Waals surface area contributed by atoms with Crippen LogP contribution in [-0.4, -0.2) is 119 Å². The number of aromatic nitrogens is 6. The topological polar surface area (TPSA) is 282 Å². The quantitative estimate of drug-likeness (QED) is 0.0489. The van der Waals surface area contributed by atoms with Crippen LogP contribution in [0.1, 0.15) is 133 Å². The van der Waals surface area contributed by atoms with Crippen molar-refractivity contribution < 1.29 is 43.0 Å². The molecule has 3 aliphatic heterocycles. The van der Waals surface area contributed by atoms with E-state index in [-0.39, 0.29) is 52.0 Å². The number of para-hydroxylation sites is 3. The van der Waals surface area contributed by atoms with E-state index in [0.29, 0.717) is 51.2 Å². The number of hydrogen-bond donors (Lipinski definition) is 4. The number of rotatable bonds is 17. The average Bonchev–Trinajstić information content (AvgIpc) is 1.16. The lowest BCUT2D eigenvalue weighted by atomic mass is 9.57. The van der Waals surface area contributed by atoms with Gasteiger partial charge < -0.3 is 51.1 Å². The first-order valence-electron chi connectivity index (χ1n) is 34.6. The first-order valence-corrected chi connectivity index (χ1v) is 34.6. The molecule has 7 N–H and O–H groups in total. The standard InChI is InChI=1S/C28H28N4O3.C27H28N4O3.C26H26N4O3/c1-2-6-23(33)32-15-13-28(14-16-32)17-20(18-28)27-30-24(25(31-27)26(29)34)19-9-11-22(12-10-19)35-21-7-4-3-5-8-21;1-2-24(32)30-14-12-27(13-15-30)16-20(17-27)31-18-23(26(28)33)25(29-31)19-8-10-22(11-9-19)34-21-6-4-3-5-7-21;1-2-23(31)29-13-12-26(17-29)14-19(15-26)30-16-22(25(27)32)24(28-30)18-8-10-21(11-9-18)33-20-6-4-3-5-7-20/h3-5,7-12,20H,13-18H2,1H3,(H2,29,34)(H,30,31);2-11,18,20H,1,12-17H2,(H2,28,33);2-11,16,19H,1,12-15,17H2,(H2,27,32). The van der Waals surface area contributed by atoms with Crippen molar-refractivity contribution >= 4 is 35.4 Å². The molecule has 6 amide bonds. The van der Waals surface area contributed by atoms with E-state index in [1.165, 1.54) is 12.2 Å². The van der Waals surface area contributed by atoms with Crippen LogP contribution in [0.5, 0.6) is 34.5 Å².